The summed E-state index contributed by atoms with van der Waals surface area (Å²) in [4.78, 5) is 20.2. The normalized spacial score (nSPS) is 19.3. The lowest BCUT2D eigenvalue weighted by atomic mass is 9.96. The Morgan fingerprint density at radius 2 is 1.89 bits per heavy atom. The highest BCUT2D eigenvalue weighted by molar-refractivity contribution is 6.35. The predicted octanol–water partition coefficient (Wildman–Crippen LogP) is 6.01. The van der Waals surface area contributed by atoms with Crippen molar-refractivity contribution in [3.63, 3.8) is 0 Å². The molecule has 1 saturated heterocycles. The quantitative estimate of drug-likeness (QED) is 0.304. The van der Waals surface area contributed by atoms with Crippen molar-refractivity contribution >= 4 is 52.4 Å². The zero-order valence-electron chi connectivity index (χ0n) is 20.6. The van der Waals surface area contributed by atoms with Crippen LogP contribution in [0.3, 0.4) is 0 Å². The number of piperazine rings is 1. The summed E-state index contributed by atoms with van der Waals surface area (Å²) in [7, 11) is 0. The number of hydrogen-bond acceptors (Lipinski definition) is 3. The van der Waals surface area contributed by atoms with Gasteiger partial charge in [0.25, 0.3) is 5.91 Å². The van der Waals surface area contributed by atoms with Gasteiger partial charge in [0.15, 0.2) is 5.96 Å². The van der Waals surface area contributed by atoms with E-state index >= 15 is 0 Å². The first-order chi connectivity index (χ1) is 17.4. The Bertz CT molecular complexity index is 1090. The Balaban J connectivity index is 1.41. The number of carbonyl (C=O) groups is 1. The van der Waals surface area contributed by atoms with Gasteiger partial charge < -0.3 is 20.9 Å². The van der Waals surface area contributed by atoms with Gasteiger partial charge in [0.1, 0.15) is 0 Å². The molecule has 1 heterocycles. The highest BCUT2D eigenvalue weighted by atomic mass is 35.5. The number of nitrogens with zero attached hydrogens (tertiary/aromatic N) is 2. The second-order valence-corrected chi connectivity index (χ2v) is 10.9. The van der Waals surface area contributed by atoms with E-state index in [-0.39, 0.29) is 5.91 Å². The van der Waals surface area contributed by atoms with Crippen molar-refractivity contribution in [1.82, 2.24) is 15.5 Å². The molecule has 194 valence electrons. The minimum atomic E-state index is -0.219. The first-order valence-corrected chi connectivity index (χ1v) is 13.9. The van der Waals surface area contributed by atoms with Gasteiger partial charge >= 0.3 is 0 Å². The lowest BCUT2D eigenvalue weighted by Gasteiger charge is -2.35. The summed E-state index contributed by atoms with van der Waals surface area (Å²) < 4.78 is 0. The number of aliphatic imine (C=N–C) groups is 1. The average molecular weight is 551 g/mol. The van der Waals surface area contributed by atoms with Crippen LogP contribution in [0, 0.1) is 0 Å². The van der Waals surface area contributed by atoms with Crippen LogP contribution in [0.15, 0.2) is 41.4 Å². The smallest absolute Gasteiger partial charge is 0.252 e. The Kier molecular flexibility index (Phi) is 9.77. The van der Waals surface area contributed by atoms with Crippen molar-refractivity contribution in [1.29, 1.82) is 0 Å². The fraction of sp³-hybridized carbons (Fsp3) is 0.481. The van der Waals surface area contributed by atoms with Gasteiger partial charge in [0, 0.05) is 48.0 Å². The molecule has 0 unspecified atom stereocenters. The minimum absolute atomic E-state index is 0.219. The number of rotatable bonds is 6. The zero-order chi connectivity index (χ0) is 25.5. The van der Waals surface area contributed by atoms with Crippen molar-refractivity contribution in [2.75, 3.05) is 31.5 Å². The fourth-order valence-electron chi connectivity index (χ4n) is 4.74. The maximum Gasteiger partial charge on any atom is 0.252 e. The molecule has 3 N–H and O–H groups in total. The van der Waals surface area contributed by atoms with Gasteiger partial charge in [0.2, 0.25) is 0 Å². The van der Waals surface area contributed by atoms with Crippen LogP contribution < -0.4 is 16.0 Å². The number of carbonyl (C=O) groups excluding carboxylic acids is 1. The molecule has 0 bridgehead atoms. The molecule has 2 aromatic carbocycles. The van der Waals surface area contributed by atoms with Crippen molar-refractivity contribution < 1.29 is 4.79 Å². The van der Waals surface area contributed by atoms with Crippen molar-refractivity contribution in [2.45, 2.75) is 57.5 Å². The second kappa shape index (κ2) is 13.0. The molecule has 2 fully saturated rings. The molecule has 4 rings (SSSR count). The van der Waals surface area contributed by atoms with Crippen LogP contribution >= 0.6 is 34.8 Å². The number of halogens is 3. The summed E-state index contributed by atoms with van der Waals surface area (Å²) in [5, 5.41) is 11.5. The van der Waals surface area contributed by atoms with Gasteiger partial charge in [-0.1, -0.05) is 60.1 Å². The van der Waals surface area contributed by atoms with E-state index in [1.165, 1.54) is 19.3 Å². The third-order valence-corrected chi connectivity index (χ3v) is 7.61. The molecule has 1 saturated carbocycles. The summed E-state index contributed by atoms with van der Waals surface area (Å²) in [5.41, 5.74) is 2.19. The maximum atomic E-state index is 12.8. The van der Waals surface area contributed by atoms with E-state index in [0.717, 1.165) is 49.7 Å². The van der Waals surface area contributed by atoms with Crippen LogP contribution in [-0.4, -0.2) is 55.0 Å². The van der Waals surface area contributed by atoms with Crippen molar-refractivity contribution in [2.24, 2.45) is 4.99 Å². The summed E-state index contributed by atoms with van der Waals surface area (Å²) in [5.74, 6) is 0.673. The number of hydrogen-bond donors (Lipinski definition) is 3. The SMILES string of the molecule is C[C@H]1CN(/C(=N\C2CCCCC2)Nc2ccc(C(=O)NCCc3ccc(Cl)cc3Cl)c(Cl)c2)CCN1. The molecule has 2 aromatic rings. The van der Waals surface area contributed by atoms with Crippen LogP contribution in [0.25, 0.3) is 0 Å². The van der Waals surface area contributed by atoms with E-state index in [2.05, 4.69) is 27.8 Å². The monoisotopic (exact) mass is 549 g/mol. The van der Waals surface area contributed by atoms with Crippen molar-refractivity contribution in [3.05, 3.63) is 62.6 Å². The summed E-state index contributed by atoms with van der Waals surface area (Å²) >= 11 is 18.7. The van der Waals surface area contributed by atoms with Crippen LogP contribution in [0.2, 0.25) is 15.1 Å². The van der Waals surface area contributed by atoms with Crippen LogP contribution in [0.5, 0.6) is 0 Å². The fourth-order valence-corrected chi connectivity index (χ4v) is 5.51. The maximum absolute atomic E-state index is 12.8. The number of amides is 1. The molecule has 2 aliphatic rings. The molecular formula is C27H34Cl3N5O. The van der Waals surface area contributed by atoms with Crippen LogP contribution in [-0.2, 0) is 6.42 Å². The highest BCUT2D eigenvalue weighted by Gasteiger charge is 2.22. The molecule has 36 heavy (non-hydrogen) atoms. The van der Waals surface area contributed by atoms with Gasteiger partial charge in [-0.3, -0.25) is 4.79 Å². The molecule has 0 spiro atoms. The van der Waals surface area contributed by atoms with Gasteiger partial charge in [-0.25, -0.2) is 4.99 Å². The first-order valence-electron chi connectivity index (χ1n) is 12.7. The molecule has 1 amide bonds. The number of guanidine groups is 1. The van der Waals surface area contributed by atoms with E-state index in [1.807, 2.05) is 12.1 Å². The standard InChI is InChI=1S/C27H34Cl3N5O/c1-18-17-35(14-13-31-18)27(33-21-5-3-2-4-6-21)34-22-9-10-23(25(30)16-22)26(36)32-12-11-19-7-8-20(28)15-24(19)29/h7-10,15-16,18,21,31H,2-6,11-14,17H2,1H3,(H,32,36)(H,33,34)/t18-/m0/s1. The summed E-state index contributed by atoms with van der Waals surface area (Å²) in [6.45, 7) is 5.35. The van der Waals surface area contributed by atoms with Crippen LogP contribution in [0.4, 0.5) is 5.69 Å². The van der Waals surface area contributed by atoms with E-state index in [1.54, 1.807) is 24.3 Å². The predicted molar refractivity (Wildman–Crippen MR) is 151 cm³/mol. The number of nitrogens with one attached hydrogen (secondary N) is 3. The Hall–Kier alpha value is -1.99. The van der Waals surface area contributed by atoms with Gasteiger partial charge in [-0.05, 0) is 62.1 Å². The van der Waals surface area contributed by atoms with Gasteiger partial charge in [0.05, 0.1) is 16.6 Å². The Labute approximate surface area is 228 Å². The molecule has 1 atom stereocenters. The third-order valence-electron chi connectivity index (χ3n) is 6.71. The zero-order valence-corrected chi connectivity index (χ0v) is 22.9. The highest BCUT2D eigenvalue weighted by Crippen LogP contribution is 2.24. The second-order valence-electron chi connectivity index (χ2n) is 9.61. The summed E-state index contributed by atoms with van der Waals surface area (Å²) in [6, 6.07) is 11.6. The van der Waals surface area contributed by atoms with Gasteiger partial charge in [-0.15, -0.1) is 0 Å². The molecule has 6 nitrogen and oxygen atoms in total. The minimum Gasteiger partial charge on any atom is -0.352 e. The molecule has 0 aromatic heterocycles. The van der Waals surface area contributed by atoms with Crippen molar-refractivity contribution in [3.8, 4) is 0 Å². The molecular weight excluding hydrogens is 517 g/mol. The Morgan fingerprint density at radius 3 is 2.61 bits per heavy atom. The molecule has 1 aliphatic heterocycles. The average Bonchev–Trinajstić information content (AvgIpc) is 2.85. The van der Waals surface area contributed by atoms with Gasteiger partial charge in [-0.2, -0.15) is 0 Å². The Morgan fingerprint density at radius 1 is 1.08 bits per heavy atom. The topological polar surface area (TPSA) is 68.8 Å². The number of benzene rings is 2. The molecule has 0 radical (unpaired) electrons. The molecule has 1 aliphatic carbocycles. The van der Waals surface area contributed by atoms with E-state index in [9.17, 15) is 4.79 Å². The van der Waals surface area contributed by atoms with Crippen LogP contribution in [0.1, 0.15) is 54.9 Å². The van der Waals surface area contributed by atoms with E-state index in [4.69, 9.17) is 39.8 Å². The van der Waals surface area contributed by atoms with E-state index in [0.29, 0.717) is 45.7 Å². The lowest BCUT2D eigenvalue weighted by Crippen LogP contribution is -2.53. The number of anilines is 1. The largest absolute Gasteiger partial charge is 0.352 e. The summed E-state index contributed by atoms with van der Waals surface area (Å²) in [6.07, 6.45) is 6.63. The first kappa shape index (κ1) is 27.1. The third kappa shape index (κ3) is 7.51. The van der Waals surface area contributed by atoms with E-state index < -0.39 is 0 Å². The molecule has 9 heteroatoms. The lowest BCUT2D eigenvalue weighted by molar-refractivity contribution is 0.0954.